The number of piperidine rings is 1. The minimum Gasteiger partial charge on any atom is -0.494 e. The highest BCUT2D eigenvalue weighted by atomic mass is 35.5. The second-order valence-electron chi connectivity index (χ2n) is 6.44. The molecule has 24 heavy (non-hydrogen) atoms. The van der Waals surface area contributed by atoms with Crippen LogP contribution in [0.2, 0.25) is 0 Å². The van der Waals surface area contributed by atoms with Gasteiger partial charge in [0.1, 0.15) is 5.75 Å². The summed E-state index contributed by atoms with van der Waals surface area (Å²) < 4.78 is 6.55. The van der Waals surface area contributed by atoms with Gasteiger partial charge in [-0.1, -0.05) is 11.3 Å². The van der Waals surface area contributed by atoms with E-state index in [1.165, 1.54) is 11.3 Å². The van der Waals surface area contributed by atoms with E-state index in [1.807, 2.05) is 25.1 Å². The molecule has 2 heterocycles. The third-order valence-corrected chi connectivity index (χ3v) is 5.94. The first-order chi connectivity index (χ1) is 11.2. The van der Waals surface area contributed by atoms with Gasteiger partial charge in [0.2, 0.25) is 5.91 Å². The Balaban J connectivity index is 0.00000169. The smallest absolute Gasteiger partial charge is 0.229 e. The zero-order valence-corrected chi connectivity index (χ0v) is 15.3. The molecule has 1 saturated heterocycles. The van der Waals surface area contributed by atoms with Crippen molar-refractivity contribution in [1.82, 2.24) is 10.3 Å². The Morgan fingerprint density at radius 3 is 3.00 bits per heavy atom. The molecule has 1 aliphatic heterocycles. The second kappa shape index (κ2) is 6.86. The van der Waals surface area contributed by atoms with Crippen molar-refractivity contribution in [2.24, 2.45) is 11.3 Å². The molecule has 7 heteroatoms. The summed E-state index contributed by atoms with van der Waals surface area (Å²) in [6, 6.07) is 5.84. The lowest BCUT2D eigenvalue weighted by Crippen LogP contribution is -2.31. The van der Waals surface area contributed by atoms with Crippen molar-refractivity contribution in [2.45, 2.75) is 26.2 Å². The number of anilines is 1. The largest absolute Gasteiger partial charge is 0.494 e. The van der Waals surface area contributed by atoms with Crippen molar-refractivity contribution in [3.8, 4) is 5.75 Å². The summed E-state index contributed by atoms with van der Waals surface area (Å²) in [5.41, 5.74) is 1.16. The average Bonchev–Trinajstić information content (AvgIpc) is 3.08. The van der Waals surface area contributed by atoms with Crippen LogP contribution >= 0.6 is 23.7 Å². The van der Waals surface area contributed by atoms with E-state index < -0.39 is 0 Å². The van der Waals surface area contributed by atoms with Crippen molar-refractivity contribution < 1.29 is 9.53 Å². The summed E-state index contributed by atoms with van der Waals surface area (Å²) in [6.45, 7) is 4.68. The number of nitrogens with zero attached hydrogens (tertiary/aromatic N) is 1. The van der Waals surface area contributed by atoms with Gasteiger partial charge in [-0.2, -0.15) is 0 Å². The topological polar surface area (TPSA) is 63.2 Å². The van der Waals surface area contributed by atoms with E-state index in [1.54, 1.807) is 0 Å². The normalized spacial score (nSPS) is 21.3. The van der Waals surface area contributed by atoms with E-state index in [-0.39, 0.29) is 29.6 Å². The van der Waals surface area contributed by atoms with E-state index in [0.717, 1.165) is 48.3 Å². The van der Waals surface area contributed by atoms with E-state index in [9.17, 15) is 4.79 Å². The highest BCUT2D eigenvalue weighted by Crippen LogP contribution is 2.58. The van der Waals surface area contributed by atoms with Gasteiger partial charge in [0, 0.05) is 5.92 Å². The maximum absolute atomic E-state index is 12.5. The molecule has 1 amide bonds. The lowest BCUT2D eigenvalue weighted by molar-refractivity contribution is -0.118. The Labute approximate surface area is 151 Å². The number of hydrogen-bond acceptors (Lipinski definition) is 5. The van der Waals surface area contributed by atoms with Gasteiger partial charge in [-0.25, -0.2) is 4.98 Å². The number of hydrogen-bond donors (Lipinski definition) is 2. The standard InChI is InChI=1S/C17H21N3O2S.ClH/c1-2-22-11-3-4-13-14(9-11)23-16(19-13)20-15(21)12-10-17(12)5-7-18-8-6-17;/h3-4,9,12,18H,2,5-8,10H2,1H3,(H,19,20,21);1H. The van der Waals surface area contributed by atoms with Crippen LogP contribution in [0.3, 0.4) is 0 Å². The Bertz CT molecular complexity index is 743. The molecule has 2 fully saturated rings. The van der Waals surface area contributed by atoms with Crippen molar-refractivity contribution in [2.75, 3.05) is 25.0 Å². The number of aromatic nitrogens is 1. The predicted molar refractivity (Wildman–Crippen MR) is 99.3 cm³/mol. The van der Waals surface area contributed by atoms with E-state index in [4.69, 9.17) is 4.74 Å². The Morgan fingerprint density at radius 1 is 1.46 bits per heavy atom. The summed E-state index contributed by atoms with van der Waals surface area (Å²) in [5.74, 6) is 1.14. The summed E-state index contributed by atoms with van der Waals surface area (Å²) in [5, 5.41) is 7.08. The van der Waals surface area contributed by atoms with Gasteiger partial charge in [0.05, 0.1) is 16.8 Å². The zero-order chi connectivity index (χ0) is 15.9. The fourth-order valence-electron chi connectivity index (χ4n) is 3.60. The molecule has 1 aliphatic carbocycles. The number of ether oxygens (including phenoxy) is 1. The summed E-state index contributed by atoms with van der Waals surface area (Å²) >= 11 is 1.51. The third-order valence-electron chi connectivity index (χ3n) is 5.01. The number of nitrogens with one attached hydrogen (secondary N) is 2. The van der Waals surface area contributed by atoms with Crippen LogP contribution in [0, 0.1) is 11.3 Å². The van der Waals surface area contributed by atoms with Crippen LogP contribution in [0.5, 0.6) is 5.75 Å². The lowest BCUT2D eigenvalue weighted by Gasteiger charge is -2.22. The van der Waals surface area contributed by atoms with E-state index in [0.29, 0.717) is 11.7 Å². The quantitative estimate of drug-likeness (QED) is 0.868. The molecule has 0 radical (unpaired) electrons. The summed E-state index contributed by atoms with van der Waals surface area (Å²) in [6.07, 6.45) is 3.26. The Hall–Kier alpha value is -1.37. The molecule has 1 unspecified atom stereocenters. The van der Waals surface area contributed by atoms with Crippen LogP contribution in [0.15, 0.2) is 18.2 Å². The molecule has 130 valence electrons. The van der Waals surface area contributed by atoms with E-state index in [2.05, 4.69) is 15.6 Å². The van der Waals surface area contributed by atoms with Gasteiger partial charge in [-0.15, -0.1) is 12.4 Å². The molecule has 1 saturated carbocycles. The first-order valence-electron chi connectivity index (χ1n) is 8.25. The molecule has 1 atom stereocenters. The fourth-order valence-corrected chi connectivity index (χ4v) is 4.50. The molecule has 5 nitrogen and oxygen atoms in total. The Morgan fingerprint density at radius 2 is 2.25 bits per heavy atom. The molecule has 1 spiro atoms. The van der Waals surface area contributed by atoms with E-state index >= 15 is 0 Å². The van der Waals surface area contributed by atoms with Gasteiger partial charge in [0.25, 0.3) is 0 Å². The van der Waals surface area contributed by atoms with Gasteiger partial charge >= 0.3 is 0 Å². The van der Waals surface area contributed by atoms with Gasteiger partial charge in [-0.3, -0.25) is 4.79 Å². The van der Waals surface area contributed by atoms with Gasteiger partial charge in [0.15, 0.2) is 5.13 Å². The summed E-state index contributed by atoms with van der Waals surface area (Å²) in [7, 11) is 0. The molecular weight excluding hydrogens is 346 g/mol. The number of fused-ring (bicyclic) bond motifs is 1. The zero-order valence-electron chi connectivity index (χ0n) is 13.6. The molecule has 1 aromatic heterocycles. The molecule has 1 aromatic carbocycles. The molecule has 2 aromatic rings. The third kappa shape index (κ3) is 3.23. The SMILES string of the molecule is CCOc1ccc2nc(NC(=O)C3CC34CCNCC4)sc2c1.Cl. The number of benzene rings is 1. The lowest BCUT2D eigenvalue weighted by atomic mass is 9.92. The van der Waals surface area contributed by atoms with Crippen LogP contribution in [0.4, 0.5) is 5.13 Å². The number of halogens is 1. The summed E-state index contributed by atoms with van der Waals surface area (Å²) in [4.78, 5) is 17.0. The number of carbonyl (C=O) groups is 1. The van der Waals surface area contributed by atoms with Crippen LogP contribution in [0.1, 0.15) is 26.2 Å². The van der Waals surface area contributed by atoms with Crippen LogP contribution < -0.4 is 15.4 Å². The van der Waals surface area contributed by atoms with Crippen molar-refractivity contribution in [3.63, 3.8) is 0 Å². The van der Waals surface area contributed by atoms with Crippen molar-refractivity contribution in [1.29, 1.82) is 0 Å². The molecule has 2 aliphatic rings. The number of carbonyl (C=O) groups excluding carboxylic acids is 1. The molecule has 4 rings (SSSR count). The molecule has 2 N–H and O–H groups in total. The van der Waals surface area contributed by atoms with Crippen molar-refractivity contribution in [3.05, 3.63) is 18.2 Å². The van der Waals surface area contributed by atoms with Crippen molar-refractivity contribution >= 4 is 45.0 Å². The first-order valence-corrected chi connectivity index (χ1v) is 9.07. The Kier molecular flexibility index (Phi) is 4.99. The van der Waals surface area contributed by atoms with Gasteiger partial charge in [-0.05, 0) is 62.9 Å². The first kappa shape index (κ1) is 17.5. The monoisotopic (exact) mass is 367 g/mol. The van der Waals surface area contributed by atoms with Crippen LogP contribution in [-0.2, 0) is 4.79 Å². The highest BCUT2D eigenvalue weighted by Gasteiger charge is 2.57. The number of amides is 1. The molecule has 0 bridgehead atoms. The molecular formula is C17H22ClN3O2S. The minimum atomic E-state index is 0. The minimum absolute atomic E-state index is 0. The fraction of sp³-hybridized carbons (Fsp3) is 0.529. The maximum Gasteiger partial charge on any atom is 0.229 e. The van der Waals surface area contributed by atoms with Gasteiger partial charge < -0.3 is 15.4 Å². The number of thiazole rings is 1. The number of rotatable bonds is 4. The average molecular weight is 368 g/mol. The van der Waals surface area contributed by atoms with Crippen LogP contribution in [-0.4, -0.2) is 30.6 Å². The maximum atomic E-state index is 12.5. The van der Waals surface area contributed by atoms with Crippen LogP contribution in [0.25, 0.3) is 10.2 Å². The highest BCUT2D eigenvalue weighted by molar-refractivity contribution is 7.22. The predicted octanol–water partition coefficient (Wildman–Crippen LogP) is 3.45. The second-order valence-corrected chi connectivity index (χ2v) is 7.47.